The van der Waals surface area contributed by atoms with E-state index in [0.29, 0.717) is 21.7 Å². The number of nitrogens with zero attached hydrogens (tertiary/aromatic N) is 1. The Balaban J connectivity index is 1.55. The summed E-state index contributed by atoms with van der Waals surface area (Å²) in [5.74, 6) is 0.746. The molecule has 0 radical (unpaired) electrons. The highest BCUT2D eigenvalue weighted by atomic mass is 35.5. The van der Waals surface area contributed by atoms with E-state index >= 15 is 0 Å². The molecule has 3 aromatic carbocycles. The summed E-state index contributed by atoms with van der Waals surface area (Å²) in [5, 5.41) is 6.05. The number of rotatable bonds is 6. The van der Waals surface area contributed by atoms with Gasteiger partial charge in [-0.1, -0.05) is 46.9 Å². The van der Waals surface area contributed by atoms with Gasteiger partial charge in [0.25, 0.3) is 0 Å². The summed E-state index contributed by atoms with van der Waals surface area (Å²) in [6.45, 7) is 0.375. The van der Waals surface area contributed by atoms with E-state index in [0.717, 1.165) is 22.6 Å². The molecule has 0 amide bonds. The Morgan fingerprint density at radius 3 is 2.38 bits per heavy atom. The van der Waals surface area contributed by atoms with E-state index in [1.165, 1.54) is 0 Å². The van der Waals surface area contributed by atoms with Crippen molar-refractivity contribution in [1.29, 1.82) is 0 Å². The van der Waals surface area contributed by atoms with Crippen molar-refractivity contribution in [1.82, 2.24) is 0 Å². The van der Waals surface area contributed by atoms with Crippen LogP contribution >= 0.6 is 34.8 Å². The maximum Gasteiger partial charge on any atom is 0.119 e. The fourth-order valence-corrected chi connectivity index (χ4v) is 2.84. The van der Waals surface area contributed by atoms with Gasteiger partial charge in [0.05, 0.1) is 11.9 Å². The van der Waals surface area contributed by atoms with Crippen LogP contribution in [-0.4, -0.2) is 6.21 Å². The van der Waals surface area contributed by atoms with Gasteiger partial charge in [-0.3, -0.25) is 5.43 Å². The van der Waals surface area contributed by atoms with E-state index in [9.17, 15) is 0 Å². The highest BCUT2D eigenvalue weighted by molar-refractivity contribution is 6.35. The largest absolute Gasteiger partial charge is 0.489 e. The number of hydrazone groups is 1. The van der Waals surface area contributed by atoms with Crippen molar-refractivity contribution in [3.8, 4) is 5.75 Å². The zero-order valence-electron chi connectivity index (χ0n) is 13.6. The van der Waals surface area contributed by atoms with Crippen LogP contribution in [-0.2, 0) is 6.61 Å². The van der Waals surface area contributed by atoms with E-state index in [1.54, 1.807) is 24.4 Å². The number of ether oxygens (including phenoxy) is 1. The van der Waals surface area contributed by atoms with Gasteiger partial charge in [-0.05, 0) is 60.2 Å². The third-order valence-corrected chi connectivity index (χ3v) is 4.34. The monoisotopic (exact) mass is 404 g/mol. The maximum atomic E-state index is 6.14. The number of hydrogen-bond acceptors (Lipinski definition) is 3. The summed E-state index contributed by atoms with van der Waals surface area (Å²) in [6.07, 6.45) is 1.72. The Bertz CT molecular complexity index is 911. The Labute approximate surface area is 167 Å². The SMILES string of the molecule is Clc1cccc(NN=Cc2ccc(OCc3ccc(Cl)cc3Cl)cc2)c1. The molecule has 0 heterocycles. The second kappa shape index (κ2) is 8.95. The van der Waals surface area contributed by atoms with Gasteiger partial charge < -0.3 is 4.74 Å². The van der Waals surface area contributed by atoms with E-state index in [-0.39, 0.29) is 0 Å². The van der Waals surface area contributed by atoms with Crippen LogP contribution < -0.4 is 10.2 Å². The Morgan fingerprint density at radius 2 is 1.65 bits per heavy atom. The predicted octanol–water partition coefficient (Wildman–Crippen LogP) is 6.67. The van der Waals surface area contributed by atoms with Gasteiger partial charge >= 0.3 is 0 Å². The molecule has 3 nitrogen and oxygen atoms in total. The molecule has 0 aliphatic heterocycles. The molecule has 0 atom stereocenters. The van der Waals surface area contributed by atoms with E-state index in [2.05, 4.69) is 10.5 Å². The molecule has 0 aliphatic rings. The molecule has 6 heteroatoms. The lowest BCUT2D eigenvalue weighted by Crippen LogP contribution is -1.96. The van der Waals surface area contributed by atoms with E-state index in [1.807, 2.05) is 48.5 Å². The second-order valence-corrected chi connectivity index (χ2v) is 6.75. The van der Waals surface area contributed by atoms with Crippen molar-refractivity contribution in [2.45, 2.75) is 6.61 Å². The summed E-state index contributed by atoms with van der Waals surface area (Å²) in [7, 11) is 0. The summed E-state index contributed by atoms with van der Waals surface area (Å²) in [4.78, 5) is 0. The minimum atomic E-state index is 0.375. The predicted molar refractivity (Wildman–Crippen MR) is 110 cm³/mol. The molecule has 3 rings (SSSR count). The average molecular weight is 406 g/mol. The second-order valence-electron chi connectivity index (χ2n) is 5.47. The molecule has 0 saturated carbocycles. The van der Waals surface area contributed by atoms with Crippen molar-refractivity contribution in [2.24, 2.45) is 5.10 Å². The first-order valence-corrected chi connectivity index (χ1v) is 8.95. The molecular formula is C20H15Cl3N2O. The van der Waals surface area contributed by atoms with Gasteiger partial charge in [-0.25, -0.2) is 0 Å². The minimum Gasteiger partial charge on any atom is -0.489 e. The highest BCUT2D eigenvalue weighted by Gasteiger charge is 2.02. The van der Waals surface area contributed by atoms with E-state index < -0.39 is 0 Å². The minimum absolute atomic E-state index is 0.375. The van der Waals surface area contributed by atoms with Crippen molar-refractivity contribution >= 4 is 46.7 Å². The zero-order valence-corrected chi connectivity index (χ0v) is 15.9. The molecule has 0 aliphatic carbocycles. The van der Waals surface area contributed by atoms with Gasteiger partial charge in [-0.2, -0.15) is 5.10 Å². The molecule has 0 aromatic heterocycles. The van der Waals surface area contributed by atoms with Crippen LogP contribution in [0.5, 0.6) is 5.75 Å². The smallest absolute Gasteiger partial charge is 0.119 e. The van der Waals surface area contributed by atoms with Crippen molar-refractivity contribution in [2.75, 3.05) is 5.43 Å². The zero-order chi connectivity index (χ0) is 18.4. The normalized spacial score (nSPS) is 10.9. The summed E-state index contributed by atoms with van der Waals surface area (Å²) >= 11 is 18.0. The molecule has 0 fully saturated rings. The number of anilines is 1. The van der Waals surface area contributed by atoms with Crippen LogP contribution in [0.3, 0.4) is 0 Å². The summed E-state index contributed by atoms with van der Waals surface area (Å²) < 4.78 is 5.75. The van der Waals surface area contributed by atoms with Gasteiger partial charge in [0.15, 0.2) is 0 Å². The lowest BCUT2D eigenvalue weighted by Gasteiger charge is -2.08. The van der Waals surface area contributed by atoms with Gasteiger partial charge in [0.1, 0.15) is 12.4 Å². The van der Waals surface area contributed by atoms with E-state index in [4.69, 9.17) is 39.5 Å². The molecule has 3 aromatic rings. The molecule has 132 valence electrons. The standard InChI is InChI=1S/C20H15Cl3N2O/c21-16-2-1-3-18(10-16)25-24-12-14-4-8-19(9-5-14)26-13-15-6-7-17(22)11-20(15)23/h1-12,25H,13H2. The van der Waals surface area contributed by atoms with Crippen molar-refractivity contribution < 1.29 is 4.74 Å². The number of hydrogen-bond donors (Lipinski definition) is 1. The lowest BCUT2D eigenvalue weighted by molar-refractivity contribution is 0.306. The van der Waals surface area contributed by atoms with Gasteiger partial charge in [0, 0.05) is 20.6 Å². The van der Waals surface area contributed by atoms with Crippen LogP contribution in [0.15, 0.2) is 71.8 Å². The Kier molecular flexibility index (Phi) is 6.40. The van der Waals surface area contributed by atoms with Crippen molar-refractivity contribution in [3.63, 3.8) is 0 Å². The number of nitrogens with one attached hydrogen (secondary N) is 1. The first-order valence-electron chi connectivity index (χ1n) is 7.81. The first kappa shape index (κ1) is 18.6. The number of benzene rings is 3. The van der Waals surface area contributed by atoms with Gasteiger partial charge in [-0.15, -0.1) is 0 Å². The van der Waals surface area contributed by atoms with Crippen LogP contribution in [0.25, 0.3) is 0 Å². The molecule has 26 heavy (non-hydrogen) atoms. The Morgan fingerprint density at radius 1 is 0.885 bits per heavy atom. The first-order chi connectivity index (χ1) is 12.6. The third-order valence-electron chi connectivity index (χ3n) is 3.52. The maximum absolute atomic E-state index is 6.14. The Hall–Kier alpha value is -2.20. The molecule has 0 spiro atoms. The molecule has 0 saturated heterocycles. The topological polar surface area (TPSA) is 33.6 Å². The van der Waals surface area contributed by atoms with Crippen LogP contribution in [0.2, 0.25) is 15.1 Å². The van der Waals surface area contributed by atoms with Crippen molar-refractivity contribution in [3.05, 3.63) is 92.9 Å². The van der Waals surface area contributed by atoms with Crippen LogP contribution in [0, 0.1) is 0 Å². The highest BCUT2D eigenvalue weighted by Crippen LogP contribution is 2.23. The van der Waals surface area contributed by atoms with Crippen LogP contribution in [0.1, 0.15) is 11.1 Å². The molecule has 0 unspecified atom stereocenters. The van der Waals surface area contributed by atoms with Gasteiger partial charge in [0.2, 0.25) is 0 Å². The lowest BCUT2D eigenvalue weighted by atomic mass is 10.2. The fraction of sp³-hybridized carbons (Fsp3) is 0.0500. The molecular weight excluding hydrogens is 391 g/mol. The third kappa shape index (κ3) is 5.40. The number of halogens is 3. The summed E-state index contributed by atoms with van der Waals surface area (Å²) in [6, 6.07) is 20.3. The summed E-state index contributed by atoms with van der Waals surface area (Å²) in [5.41, 5.74) is 5.58. The quantitative estimate of drug-likeness (QED) is 0.367. The average Bonchev–Trinajstić information content (AvgIpc) is 2.62. The molecule has 1 N–H and O–H groups in total. The molecule has 0 bridgehead atoms. The van der Waals surface area contributed by atoms with Crippen LogP contribution in [0.4, 0.5) is 5.69 Å². The fourth-order valence-electron chi connectivity index (χ4n) is 2.19.